The van der Waals surface area contributed by atoms with Crippen molar-refractivity contribution in [3.63, 3.8) is 0 Å². The van der Waals surface area contributed by atoms with Gasteiger partial charge in [0.2, 0.25) is 0 Å². The molecule has 2 heterocycles. The molecule has 88 valence electrons. The minimum Gasteiger partial charge on any atom is -0.390 e. The fourth-order valence-electron chi connectivity index (χ4n) is 3.67. The molecule has 0 radical (unpaired) electrons. The standard InChI is InChI=1S/C13H25NO/c1-12(2,3)9-13(15)7-10-5-6-11(8-13)14(10)4/h10-11,15H,5-9H2,1-4H3. The molecular formula is C13H25NO. The Morgan fingerprint density at radius 3 is 2.07 bits per heavy atom. The highest BCUT2D eigenvalue weighted by atomic mass is 16.3. The summed E-state index contributed by atoms with van der Waals surface area (Å²) in [7, 11) is 2.22. The van der Waals surface area contributed by atoms with Gasteiger partial charge in [0.15, 0.2) is 0 Å². The summed E-state index contributed by atoms with van der Waals surface area (Å²) in [5, 5.41) is 10.7. The third kappa shape index (κ3) is 2.36. The van der Waals surface area contributed by atoms with E-state index in [0.717, 1.165) is 19.3 Å². The number of aliphatic hydroxyl groups is 1. The second-order valence-corrected chi connectivity index (χ2v) is 6.92. The minimum atomic E-state index is -0.392. The molecule has 2 saturated heterocycles. The molecule has 2 fully saturated rings. The predicted molar refractivity (Wildman–Crippen MR) is 62.8 cm³/mol. The van der Waals surface area contributed by atoms with Crippen molar-refractivity contribution in [2.24, 2.45) is 5.41 Å². The molecule has 15 heavy (non-hydrogen) atoms. The lowest BCUT2D eigenvalue weighted by molar-refractivity contribution is -0.0683. The van der Waals surface area contributed by atoms with Gasteiger partial charge < -0.3 is 10.0 Å². The molecule has 2 heteroatoms. The van der Waals surface area contributed by atoms with Crippen LogP contribution in [0.5, 0.6) is 0 Å². The molecular weight excluding hydrogens is 186 g/mol. The van der Waals surface area contributed by atoms with Crippen LogP contribution in [0, 0.1) is 5.41 Å². The van der Waals surface area contributed by atoms with Crippen LogP contribution in [-0.2, 0) is 0 Å². The topological polar surface area (TPSA) is 23.5 Å². The van der Waals surface area contributed by atoms with Gasteiger partial charge in [-0.2, -0.15) is 0 Å². The lowest BCUT2D eigenvalue weighted by Crippen LogP contribution is -2.50. The zero-order chi connectivity index (χ0) is 11.3. The molecule has 2 bridgehead atoms. The van der Waals surface area contributed by atoms with Crippen LogP contribution >= 0.6 is 0 Å². The summed E-state index contributed by atoms with van der Waals surface area (Å²) in [5.41, 5.74) is -0.152. The molecule has 0 aromatic carbocycles. The van der Waals surface area contributed by atoms with Crippen LogP contribution < -0.4 is 0 Å². The van der Waals surface area contributed by atoms with E-state index in [0.29, 0.717) is 12.1 Å². The Morgan fingerprint density at radius 1 is 1.20 bits per heavy atom. The Labute approximate surface area is 93.7 Å². The van der Waals surface area contributed by atoms with Crippen molar-refractivity contribution >= 4 is 0 Å². The highest BCUT2D eigenvalue weighted by molar-refractivity contribution is 5.01. The second-order valence-electron chi connectivity index (χ2n) is 6.92. The van der Waals surface area contributed by atoms with Gasteiger partial charge in [-0.25, -0.2) is 0 Å². The summed E-state index contributed by atoms with van der Waals surface area (Å²) in [5.74, 6) is 0. The average Bonchev–Trinajstić information content (AvgIpc) is 2.31. The maximum Gasteiger partial charge on any atom is 0.0682 e. The maximum absolute atomic E-state index is 10.7. The van der Waals surface area contributed by atoms with Crippen molar-refractivity contribution in [3.8, 4) is 0 Å². The first-order valence-electron chi connectivity index (χ1n) is 6.23. The Hall–Kier alpha value is -0.0800. The summed E-state index contributed by atoms with van der Waals surface area (Å²) in [4.78, 5) is 2.48. The maximum atomic E-state index is 10.7. The zero-order valence-electron chi connectivity index (χ0n) is 10.6. The van der Waals surface area contributed by atoms with Gasteiger partial charge in [-0.15, -0.1) is 0 Å². The number of hydrogen-bond donors (Lipinski definition) is 1. The first kappa shape index (κ1) is 11.4. The fourth-order valence-corrected chi connectivity index (χ4v) is 3.67. The smallest absolute Gasteiger partial charge is 0.0682 e. The summed E-state index contributed by atoms with van der Waals surface area (Å²) in [6.45, 7) is 6.68. The summed E-state index contributed by atoms with van der Waals surface area (Å²) >= 11 is 0. The number of nitrogens with zero attached hydrogens (tertiary/aromatic N) is 1. The van der Waals surface area contributed by atoms with Gasteiger partial charge in [-0.1, -0.05) is 20.8 Å². The third-order valence-electron chi connectivity index (χ3n) is 4.08. The highest BCUT2D eigenvalue weighted by Gasteiger charge is 2.46. The number of rotatable bonds is 1. The molecule has 2 aliphatic heterocycles. The van der Waals surface area contributed by atoms with E-state index in [1.165, 1.54) is 12.8 Å². The Morgan fingerprint density at radius 2 is 1.67 bits per heavy atom. The molecule has 0 aromatic heterocycles. The van der Waals surface area contributed by atoms with Gasteiger partial charge in [-0.05, 0) is 44.6 Å². The molecule has 0 amide bonds. The second kappa shape index (κ2) is 3.46. The largest absolute Gasteiger partial charge is 0.390 e. The lowest BCUT2D eigenvalue weighted by atomic mass is 9.75. The van der Waals surface area contributed by atoms with Crippen molar-refractivity contribution in [1.29, 1.82) is 0 Å². The molecule has 2 unspecified atom stereocenters. The van der Waals surface area contributed by atoms with Crippen molar-refractivity contribution in [3.05, 3.63) is 0 Å². The van der Waals surface area contributed by atoms with Crippen LogP contribution in [0.25, 0.3) is 0 Å². The van der Waals surface area contributed by atoms with E-state index in [9.17, 15) is 5.11 Å². The Bertz CT molecular complexity index is 229. The van der Waals surface area contributed by atoms with Crippen LogP contribution in [0.3, 0.4) is 0 Å². The number of fused-ring (bicyclic) bond motifs is 2. The number of hydrogen-bond acceptors (Lipinski definition) is 2. The molecule has 2 nitrogen and oxygen atoms in total. The molecule has 0 aliphatic carbocycles. The van der Waals surface area contributed by atoms with Gasteiger partial charge in [0.05, 0.1) is 5.60 Å². The van der Waals surface area contributed by atoms with Gasteiger partial charge in [0, 0.05) is 12.1 Å². The predicted octanol–water partition coefficient (Wildman–Crippen LogP) is 2.41. The van der Waals surface area contributed by atoms with Gasteiger partial charge in [-0.3, -0.25) is 0 Å². The lowest BCUT2D eigenvalue weighted by Gasteiger charge is -2.44. The van der Waals surface area contributed by atoms with Crippen LogP contribution in [0.15, 0.2) is 0 Å². The third-order valence-corrected chi connectivity index (χ3v) is 4.08. The van der Waals surface area contributed by atoms with Crippen molar-refractivity contribution < 1.29 is 5.11 Å². The van der Waals surface area contributed by atoms with Crippen molar-refractivity contribution in [2.45, 2.75) is 70.6 Å². The van der Waals surface area contributed by atoms with Crippen LogP contribution in [0.1, 0.15) is 52.9 Å². The van der Waals surface area contributed by atoms with Crippen molar-refractivity contribution in [2.75, 3.05) is 7.05 Å². The first-order chi connectivity index (χ1) is 6.79. The molecule has 0 spiro atoms. The molecule has 0 saturated carbocycles. The van der Waals surface area contributed by atoms with Crippen LogP contribution in [0.2, 0.25) is 0 Å². The molecule has 0 aromatic rings. The molecule has 1 N–H and O–H groups in total. The van der Waals surface area contributed by atoms with E-state index in [2.05, 4.69) is 32.7 Å². The quantitative estimate of drug-likeness (QED) is 0.720. The van der Waals surface area contributed by atoms with Gasteiger partial charge in [0.1, 0.15) is 0 Å². The monoisotopic (exact) mass is 211 g/mol. The van der Waals surface area contributed by atoms with E-state index in [1.807, 2.05) is 0 Å². The Kier molecular flexibility index (Phi) is 2.63. The van der Waals surface area contributed by atoms with E-state index in [4.69, 9.17) is 0 Å². The minimum absolute atomic E-state index is 0.240. The van der Waals surface area contributed by atoms with E-state index < -0.39 is 5.60 Å². The molecule has 2 aliphatic rings. The first-order valence-corrected chi connectivity index (χ1v) is 6.23. The normalized spacial score (nSPS) is 42.2. The number of piperidine rings is 1. The molecule has 2 atom stereocenters. The van der Waals surface area contributed by atoms with Crippen molar-refractivity contribution in [1.82, 2.24) is 4.90 Å². The fraction of sp³-hybridized carbons (Fsp3) is 1.00. The van der Waals surface area contributed by atoms with Gasteiger partial charge in [0.25, 0.3) is 0 Å². The van der Waals surface area contributed by atoms with Gasteiger partial charge >= 0.3 is 0 Å². The molecule has 2 rings (SSSR count). The van der Waals surface area contributed by atoms with E-state index in [1.54, 1.807) is 0 Å². The average molecular weight is 211 g/mol. The van der Waals surface area contributed by atoms with Crippen LogP contribution in [-0.4, -0.2) is 34.7 Å². The highest BCUT2D eigenvalue weighted by Crippen LogP contribution is 2.44. The SMILES string of the molecule is CN1C2CCC1CC(O)(CC(C)(C)C)C2. The van der Waals surface area contributed by atoms with E-state index in [-0.39, 0.29) is 5.41 Å². The zero-order valence-corrected chi connectivity index (χ0v) is 10.6. The summed E-state index contributed by atoms with van der Waals surface area (Å²) < 4.78 is 0. The van der Waals surface area contributed by atoms with E-state index >= 15 is 0 Å². The Balaban J connectivity index is 2.06. The van der Waals surface area contributed by atoms with Crippen LogP contribution in [0.4, 0.5) is 0 Å². The summed E-state index contributed by atoms with van der Waals surface area (Å²) in [6, 6.07) is 1.27. The summed E-state index contributed by atoms with van der Waals surface area (Å²) in [6.07, 6.45) is 5.48.